The van der Waals surface area contributed by atoms with E-state index in [1.807, 2.05) is 6.07 Å². The van der Waals surface area contributed by atoms with Crippen molar-refractivity contribution in [1.82, 2.24) is 9.97 Å². The molecule has 20 heavy (non-hydrogen) atoms. The molecule has 5 heteroatoms. The Kier molecular flexibility index (Phi) is 4.56. The highest BCUT2D eigenvalue weighted by Crippen LogP contribution is 2.39. The van der Waals surface area contributed by atoms with Crippen molar-refractivity contribution in [2.24, 2.45) is 0 Å². The smallest absolute Gasteiger partial charge is 0.135 e. The Bertz CT molecular complexity index is 458. The first-order valence-corrected chi connectivity index (χ1v) is 8.49. The molecule has 3 rings (SSSR count). The van der Waals surface area contributed by atoms with Crippen LogP contribution in [0.1, 0.15) is 56.7 Å². The highest BCUT2D eigenvalue weighted by molar-refractivity contribution is 9.10. The first-order chi connectivity index (χ1) is 9.78. The lowest BCUT2D eigenvalue weighted by molar-refractivity contribution is 0.289. The third kappa shape index (κ3) is 3.31. The Morgan fingerprint density at radius 2 is 1.90 bits per heavy atom. The van der Waals surface area contributed by atoms with Crippen molar-refractivity contribution in [2.45, 2.75) is 56.9 Å². The Morgan fingerprint density at radius 3 is 2.55 bits per heavy atom. The summed E-state index contributed by atoms with van der Waals surface area (Å²) in [5, 5.41) is 9.39. The van der Waals surface area contributed by atoms with Gasteiger partial charge in [0.1, 0.15) is 16.2 Å². The Labute approximate surface area is 128 Å². The fourth-order valence-electron chi connectivity index (χ4n) is 3.08. The molecule has 0 bridgehead atoms. The third-order valence-corrected chi connectivity index (χ3v) is 4.70. The minimum Gasteiger partial charge on any atom is -0.395 e. The number of aromatic nitrogens is 2. The SMILES string of the molecule is OCCN(c1cc(Br)nc(C2CC2)n1)C1CCCCC1. The molecule has 4 nitrogen and oxygen atoms in total. The summed E-state index contributed by atoms with van der Waals surface area (Å²) in [7, 11) is 0. The standard InChI is InChI=1S/C15H22BrN3O/c16-13-10-14(18-15(17-13)11-6-7-11)19(8-9-20)12-4-2-1-3-5-12/h10-12,20H,1-9H2. The van der Waals surface area contributed by atoms with Crippen molar-refractivity contribution in [1.29, 1.82) is 0 Å². The second-order valence-corrected chi connectivity index (χ2v) is 6.70. The summed E-state index contributed by atoms with van der Waals surface area (Å²) in [4.78, 5) is 11.6. The van der Waals surface area contributed by atoms with Crippen LogP contribution in [0.25, 0.3) is 0 Å². The number of aliphatic hydroxyl groups is 1. The maximum Gasteiger partial charge on any atom is 0.135 e. The zero-order valence-corrected chi connectivity index (χ0v) is 13.3. The van der Waals surface area contributed by atoms with E-state index < -0.39 is 0 Å². The number of halogens is 1. The van der Waals surface area contributed by atoms with E-state index >= 15 is 0 Å². The molecule has 1 heterocycles. The Balaban J connectivity index is 1.85. The zero-order valence-electron chi connectivity index (χ0n) is 11.8. The highest BCUT2D eigenvalue weighted by Gasteiger charge is 2.29. The molecule has 0 atom stereocenters. The zero-order chi connectivity index (χ0) is 13.9. The average molecular weight is 340 g/mol. The summed E-state index contributed by atoms with van der Waals surface area (Å²) < 4.78 is 0.864. The van der Waals surface area contributed by atoms with E-state index in [0.717, 1.165) is 16.2 Å². The molecule has 0 aromatic carbocycles. The summed E-state index contributed by atoms with van der Waals surface area (Å²) in [6.07, 6.45) is 8.74. The van der Waals surface area contributed by atoms with E-state index in [9.17, 15) is 5.11 Å². The fraction of sp³-hybridized carbons (Fsp3) is 0.733. The van der Waals surface area contributed by atoms with Crippen LogP contribution in [0.15, 0.2) is 10.7 Å². The molecule has 1 aromatic rings. The third-order valence-electron chi connectivity index (χ3n) is 4.29. The molecule has 0 aliphatic heterocycles. The summed E-state index contributed by atoms with van der Waals surface area (Å²) >= 11 is 3.51. The van der Waals surface area contributed by atoms with Gasteiger partial charge in [0.2, 0.25) is 0 Å². The molecule has 110 valence electrons. The second kappa shape index (κ2) is 6.39. The highest BCUT2D eigenvalue weighted by atomic mass is 79.9. The number of nitrogens with zero attached hydrogens (tertiary/aromatic N) is 3. The van der Waals surface area contributed by atoms with Crippen LogP contribution < -0.4 is 4.90 Å². The molecular formula is C15H22BrN3O. The van der Waals surface area contributed by atoms with Crippen LogP contribution in [-0.4, -0.2) is 34.3 Å². The predicted molar refractivity (Wildman–Crippen MR) is 83.0 cm³/mol. The number of anilines is 1. The molecule has 2 saturated carbocycles. The van der Waals surface area contributed by atoms with Gasteiger partial charge in [-0.05, 0) is 41.6 Å². The van der Waals surface area contributed by atoms with Crippen molar-refractivity contribution >= 4 is 21.7 Å². The minimum atomic E-state index is 0.177. The molecule has 0 amide bonds. The van der Waals surface area contributed by atoms with E-state index in [0.29, 0.717) is 18.5 Å². The lowest BCUT2D eigenvalue weighted by atomic mass is 9.94. The average Bonchev–Trinajstić information content (AvgIpc) is 3.29. The van der Waals surface area contributed by atoms with E-state index in [1.54, 1.807) is 0 Å². The Hall–Kier alpha value is -0.680. The van der Waals surface area contributed by atoms with Gasteiger partial charge in [0.05, 0.1) is 6.61 Å². The summed E-state index contributed by atoms with van der Waals surface area (Å²) in [6, 6.07) is 2.51. The second-order valence-electron chi connectivity index (χ2n) is 5.89. The quantitative estimate of drug-likeness (QED) is 0.836. The topological polar surface area (TPSA) is 49.2 Å². The van der Waals surface area contributed by atoms with Gasteiger partial charge in [-0.3, -0.25) is 0 Å². The molecule has 0 saturated heterocycles. The van der Waals surface area contributed by atoms with E-state index in [-0.39, 0.29) is 6.61 Å². The van der Waals surface area contributed by atoms with Crippen molar-refractivity contribution < 1.29 is 5.11 Å². The van der Waals surface area contributed by atoms with Gasteiger partial charge in [-0.25, -0.2) is 9.97 Å². The van der Waals surface area contributed by atoms with Crippen molar-refractivity contribution in [3.63, 3.8) is 0 Å². The largest absolute Gasteiger partial charge is 0.395 e. The first kappa shape index (κ1) is 14.3. The summed E-state index contributed by atoms with van der Waals surface area (Å²) in [5.74, 6) is 2.50. The number of hydrogen-bond donors (Lipinski definition) is 1. The van der Waals surface area contributed by atoms with Crippen LogP contribution in [0.5, 0.6) is 0 Å². The maximum absolute atomic E-state index is 9.39. The van der Waals surface area contributed by atoms with Crippen LogP contribution in [0, 0.1) is 0 Å². The molecule has 2 aliphatic carbocycles. The van der Waals surface area contributed by atoms with E-state index in [4.69, 9.17) is 4.98 Å². The van der Waals surface area contributed by atoms with Crippen molar-refractivity contribution in [3.05, 3.63) is 16.5 Å². The molecule has 0 unspecified atom stereocenters. The van der Waals surface area contributed by atoms with Crippen LogP contribution in [0.4, 0.5) is 5.82 Å². The fourth-order valence-corrected chi connectivity index (χ4v) is 3.47. The van der Waals surface area contributed by atoms with Crippen molar-refractivity contribution in [2.75, 3.05) is 18.1 Å². The van der Waals surface area contributed by atoms with Gasteiger partial charge < -0.3 is 10.0 Å². The van der Waals surface area contributed by atoms with Gasteiger partial charge in [0, 0.05) is 24.6 Å². The number of rotatable bonds is 5. The van der Waals surface area contributed by atoms with E-state index in [1.165, 1.54) is 44.9 Å². The first-order valence-electron chi connectivity index (χ1n) is 7.70. The summed E-state index contributed by atoms with van der Waals surface area (Å²) in [6.45, 7) is 0.842. The molecule has 2 fully saturated rings. The monoisotopic (exact) mass is 339 g/mol. The van der Waals surface area contributed by atoms with E-state index in [2.05, 4.69) is 25.8 Å². The molecule has 1 N–H and O–H groups in total. The van der Waals surface area contributed by atoms with Gasteiger partial charge in [-0.1, -0.05) is 19.3 Å². The van der Waals surface area contributed by atoms with Gasteiger partial charge >= 0.3 is 0 Å². The summed E-state index contributed by atoms with van der Waals surface area (Å²) in [5.41, 5.74) is 0. The molecule has 0 radical (unpaired) electrons. The molecule has 0 spiro atoms. The predicted octanol–water partition coefficient (Wildman–Crippen LogP) is 3.25. The molecular weight excluding hydrogens is 318 g/mol. The van der Waals surface area contributed by atoms with Gasteiger partial charge in [0.15, 0.2) is 0 Å². The van der Waals surface area contributed by atoms with Gasteiger partial charge in [-0.2, -0.15) is 0 Å². The lowest BCUT2D eigenvalue weighted by Gasteiger charge is -2.35. The minimum absolute atomic E-state index is 0.177. The number of aliphatic hydroxyl groups excluding tert-OH is 1. The van der Waals surface area contributed by atoms with Gasteiger partial charge in [0.25, 0.3) is 0 Å². The van der Waals surface area contributed by atoms with Crippen molar-refractivity contribution in [3.8, 4) is 0 Å². The molecule has 1 aromatic heterocycles. The van der Waals surface area contributed by atoms with Crippen LogP contribution in [0.3, 0.4) is 0 Å². The molecule has 2 aliphatic rings. The van der Waals surface area contributed by atoms with Gasteiger partial charge in [-0.15, -0.1) is 0 Å². The normalized spacial score (nSPS) is 20.1. The Morgan fingerprint density at radius 1 is 1.15 bits per heavy atom. The lowest BCUT2D eigenvalue weighted by Crippen LogP contribution is -2.39. The maximum atomic E-state index is 9.39. The van der Waals surface area contributed by atoms with Crippen LogP contribution in [-0.2, 0) is 0 Å². The number of hydrogen-bond acceptors (Lipinski definition) is 4. The van der Waals surface area contributed by atoms with Crippen LogP contribution in [0.2, 0.25) is 0 Å². The van der Waals surface area contributed by atoms with Crippen LogP contribution >= 0.6 is 15.9 Å².